The highest BCUT2D eigenvalue weighted by Crippen LogP contribution is 2.31. The molecule has 0 bridgehead atoms. The number of amidine groups is 1. The number of hydrogen-bond acceptors (Lipinski definition) is 6. The lowest BCUT2D eigenvalue weighted by atomic mass is 10.1. The highest BCUT2D eigenvalue weighted by atomic mass is 16.5. The van der Waals surface area contributed by atoms with E-state index in [1.54, 1.807) is 0 Å². The average molecular weight is 205 g/mol. The fraction of sp³-hybridized carbons (Fsp3) is 0.444. The van der Waals surface area contributed by atoms with Crippen LogP contribution in [0.1, 0.15) is 5.56 Å². The molecule has 6 nitrogen and oxygen atoms in total. The van der Waals surface area contributed by atoms with Crippen molar-refractivity contribution in [2.75, 3.05) is 32.0 Å². The summed E-state index contributed by atoms with van der Waals surface area (Å²) in [5, 5.41) is 0. The van der Waals surface area contributed by atoms with Crippen molar-refractivity contribution in [1.82, 2.24) is 14.9 Å². The summed E-state index contributed by atoms with van der Waals surface area (Å²) in [7, 11) is 0. The van der Waals surface area contributed by atoms with Crippen molar-refractivity contribution in [3.63, 3.8) is 0 Å². The summed E-state index contributed by atoms with van der Waals surface area (Å²) in [6.45, 7) is 3.18. The molecule has 6 heteroatoms. The lowest BCUT2D eigenvalue weighted by molar-refractivity contribution is 0.0680. The Bertz CT molecular complexity index is 425. The Morgan fingerprint density at radius 1 is 1.27 bits per heavy atom. The molecule has 0 radical (unpaired) electrons. The Balaban J connectivity index is 1.88. The summed E-state index contributed by atoms with van der Waals surface area (Å²) >= 11 is 0. The minimum Gasteiger partial charge on any atom is -0.383 e. The Kier molecular flexibility index (Phi) is 1.81. The molecule has 0 unspecified atom stereocenters. The van der Waals surface area contributed by atoms with Crippen LogP contribution in [0.3, 0.4) is 0 Å². The fourth-order valence-corrected chi connectivity index (χ4v) is 1.80. The van der Waals surface area contributed by atoms with Crippen LogP contribution in [0, 0.1) is 0 Å². The summed E-state index contributed by atoms with van der Waals surface area (Å²) in [5.74, 6) is 2.12. The van der Waals surface area contributed by atoms with Crippen LogP contribution in [0.4, 0.5) is 11.6 Å². The molecular formula is C9H11N5O. The molecular weight excluding hydrogens is 194 g/mol. The van der Waals surface area contributed by atoms with Gasteiger partial charge in [0.25, 0.3) is 0 Å². The van der Waals surface area contributed by atoms with Gasteiger partial charge in [-0.15, -0.1) is 0 Å². The maximum Gasteiger partial charge on any atom is 0.170 e. The maximum absolute atomic E-state index is 5.78. The molecule has 1 aromatic rings. The summed E-state index contributed by atoms with van der Waals surface area (Å²) in [4.78, 5) is 14.5. The monoisotopic (exact) mass is 205 g/mol. The molecule has 2 aliphatic heterocycles. The van der Waals surface area contributed by atoms with Gasteiger partial charge in [-0.3, -0.25) is 0 Å². The summed E-state index contributed by atoms with van der Waals surface area (Å²) in [6.07, 6.45) is 1.44. The van der Waals surface area contributed by atoms with Crippen LogP contribution >= 0.6 is 0 Å². The van der Waals surface area contributed by atoms with Crippen molar-refractivity contribution in [2.24, 2.45) is 4.99 Å². The number of rotatable bonds is 0. The number of anilines is 1. The second kappa shape index (κ2) is 3.16. The minimum atomic E-state index is 0.511. The number of aliphatic imine (C=N–C) groups is 1. The number of fused-ring (bicyclic) bond motifs is 1. The van der Waals surface area contributed by atoms with E-state index in [0.717, 1.165) is 37.7 Å². The third-order valence-corrected chi connectivity index (χ3v) is 2.60. The van der Waals surface area contributed by atoms with Crippen LogP contribution in [0.15, 0.2) is 11.3 Å². The van der Waals surface area contributed by atoms with Gasteiger partial charge in [0.15, 0.2) is 5.82 Å². The first-order valence-electron chi connectivity index (χ1n) is 4.88. The quantitative estimate of drug-likeness (QED) is 0.633. The SMILES string of the molecule is Nc1ncnc2c1C(N1CCOCC1)=N2. The van der Waals surface area contributed by atoms with E-state index < -0.39 is 0 Å². The molecule has 15 heavy (non-hydrogen) atoms. The summed E-state index contributed by atoms with van der Waals surface area (Å²) in [5.41, 5.74) is 6.67. The van der Waals surface area contributed by atoms with Crippen LogP contribution in [-0.2, 0) is 4.74 Å². The van der Waals surface area contributed by atoms with Gasteiger partial charge in [-0.05, 0) is 0 Å². The van der Waals surface area contributed by atoms with E-state index in [1.165, 1.54) is 6.33 Å². The van der Waals surface area contributed by atoms with E-state index in [4.69, 9.17) is 10.5 Å². The molecule has 0 saturated carbocycles. The molecule has 1 aromatic heterocycles. The third kappa shape index (κ3) is 1.25. The average Bonchev–Trinajstić information content (AvgIpc) is 2.22. The largest absolute Gasteiger partial charge is 0.383 e. The molecule has 0 spiro atoms. The van der Waals surface area contributed by atoms with Gasteiger partial charge in [-0.25, -0.2) is 15.0 Å². The number of nitrogens with two attached hydrogens (primary N) is 1. The van der Waals surface area contributed by atoms with Crippen molar-refractivity contribution >= 4 is 17.5 Å². The van der Waals surface area contributed by atoms with Gasteiger partial charge >= 0.3 is 0 Å². The normalized spacial score (nSPS) is 19.2. The summed E-state index contributed by atoms with van der Waals surface area (Å²) < 4.78 is 5.28. The van der Waals surface area contributed by atoms with Gasteiger partial charge in [0.05, 0.1) is 13.2 Å². The van der Waals surface area contributed by atoms with Crippen LogP contribution in [0.25, 0.3) is 0 Å². The molecule has 0 amide bonds. The van der Waals surface area contributed by atoms with Crippen molar-refractivity contribution in [3.05, 3.63) is 11.9 Å². The van der Waals surface area contributed by atoms with E-state index in [2.05, 4.69) is 19.9 Å². The topological polar surface area (TPSA) is 76.6 Å². The minimum absolute atomic E-state index is 0.511. The molecule has 2 aliphatic rings. The zero-order valence-electron chi connectivity index (χ0n) is 8.18. The van der Waals surface area contributed by atoms with Crippen LogP contribution in [0.5, 0.6) is 0 Å². The van der Waals surface area contributed by atoms with Crippen molar-refractivity contribution in [1.29, 1.82) is 0 Å². The predicted octanol–water partition coefficient (Wildman–Crippen LogP) is -0.217. The molecule has 1 fully saturated rings. The Labute approximate surface area is 86.8 Å². The smallest absolute Gasteiger partial charge is 0.170 e. The molecule has 1 saturated heterocycles. The highest BCUT2D eigenvalue weighted by Gasteiger charge is 2.29. The second-order valence-electron chi connectivity index (χ2n) is 3.49. The first kappa shape index (κ1) is 8.60. The van der Waals surface area contributed by atoms with E-state index in [0.29, 0.717) is 11.6 Å². The zero-order valence-corrected chi connectivity index (χ0v) is 8.18. The first-order chi connectivity index (χ1) is 7.36. The predicted molar refractivity (Wildman–Crippen MR) is 55.0 cm³/mol. The van der Waals surface area contributed by atoms with E-state index in [9.17, 15) is 0 Å². The van der Waals surface area contributed by atoms with Crippen LogP contribution in [-0.4, -0.2) is 47.0 Å². The molecule has 78 valence electrons. The Morgan fingerprint density at radius 3 is 2.80 bits per heavy atom. The molecule has 0 aliphatic carbocycles. The van der Waals surface area contributed by atoms with Gasteiger partial charge in [0, 0.05) is 13.1 Å². The molecule has 2 N–H and O–H groups in total. The van der Waals surface area contributed by atoms with Gasteiger partial charge in [0.1, 0.15) is 23.5 Å². The number of morpholine rings is 1. The molecule has 3 rings (SSSR count). The van der Waals surface area contributed by atoms with Crippen LogP contribution < -0.4 is 5.73 Å². The number of hydrogen-bond donors (Lipinski definition) is 1. The van der Waals surface area contributed by atoms with Crippen molar-refractivity contribution in [3.8, 4) is 0 Å². The van der Waals surface area contributed by atoms with Gasteiger partial charge in [-0.1, -0.05) is 0 Å². The number of aromatic nitrogens is 2. The van der Waals surface area contributed by atoms with Gasteiger partial charge in [0.2, 0.25) is 0 Å². The standard InChI is InChI=1S/C9H11N5O/c10-7-6-8(12-5-11-7)13-9(6)14-1-3-15-4-2-14/h5H,1-4H2,(H2,10,11,12,13). The van der Waals surface area contributed by atoms with E-state index in [1.807, 2.05) is 0 Å². The molecule has 0 atom stereocenters. The number of ether oxygens (including phenoxy) is 1. The molecule has 3 heterocycles. The van der Waals surface area contributed by atoms with E-state index >= 15 is 0 Å². The fourth-order valence-electron chi connectivity index (χ4n) is 1.80. The van der Waals surface area contributed by atoms with Crippen molar-refractivity contribution < 1.29 is 4.74 Å². The number of nitrogen functional groups attached to an aromatic ring is 1. The van der Waals surface area contributed by atoms with E-state index in [-0.39, 0.29) is 0 Å². The molecule has 0 aromatic carbocycles. The van der Waals surface area contributed by atoms with Gasteiger partial charge in [-0.2, -0.15) is 0 Å². The Morgan fingerprint density at radius 2 is 2.07 bits per heavy atom. The first-order valence-corrected chi connectivity index (χ1v) is 4.88. The lowest BCUT2D eigenvalue weighted by Gasteiger charge is -2.33. The highest BCUT2D eigenvalue weighted by molar-refractivity contribution is 6.13. The second-order valence-corrected chi connectivity index (χ2v) is 3.49. The zero-order chi connectivity index (χ0) is 10.3. The summed E-state index contributed by atoms with van der Waals surface area (Å²) in [6, 6.07) is 0. The Hall–Kier alpha value is -1.69. The third-order valence-electron chi connectivity index (χ3n) is 2.60. The number of nitrogens with zero attached hydrogens (tertiary/aromatic N) is 4. The van der Waals surface area contributed by atoms with Gasteiger partial charge < -0.3 is 15.4 Å². The lowest BCUT2D eigenvalue weighted by Crippen LogP contribution is -2.43. The maximum atomic E-state index is 5.78. The van der Waals surface area contributed by atoms with Crippen LogP contribution in [0.2, 0.25) is 0 Å². The van der Waals surface area contributed by atoms with Crippen molar-refractivity contribution in [2.45, 2.75) is 0 Å².